The fourth-order valence-electron chi connectivity index (χ4n) is 2.06. The summed E-state index contributed by atoms with van der Waals surface area (Å²) < 4.78 is 0. The first-order chi connectivity index (χ1) is 8.03. The molecule has 0 aromatic heterocycles. The smallest absolute Gasteiger partial charge is 0.150 e. The summed E-state index contributed by atoms with van der Waals surface area (Å²) >= 11 is 0. The van der Waals surface area contributed by atoms with Crippen LogP contribution in [0, 0.1) is 5.41 Å². The number of carbonyl (C=O) groups is 1. The van der Waals surface area contributed by atoms with Gasteiger partial charge in [0.2, 0.25) is 0 Å². The molecule has 2 nitrogen and oxygen atoms in total. The normalized spacial score (nSPS) is 17.8. The zero-order valence-electron chi connectivity index (χ0n) is 10.8. The number of benzene rings is 1. The average Bonchev–Trinajstić information content (AvgIpc) is 2.30. The minimum Gasteiger partial charge on any atom is -0.508 e. The van der Waals surface area contributed by atoms with Gasteiger partial charge in [0.15, 0.2) is 0 Å². The third kappa shape index (κ3) is 5.53. The molecule has 1 aromatic carbocycles. The van der Waals surface area contributed by atoms with Crippen LogP contribution in [0.5, 0.6) is 5.75 Å². The lowest BCUT2D eigenvalue weighted by Crippen LogP contribution is -2.14. The summed E-state index contributed by atoms with van der Waals surface area (Å²) in [6, 6.07) is 6.07. The van der Waals surface area contributed by atoms with Gasteiger partial charge in [0, 0.05) is 5.56 Å². The highest BCUT2D eigenvalue weighted by atomic mass is 16.3. The number of phenols is 1. The molecule has 0 aliphatic heterocycles. The topological polar surface area (TPSA) is 37.3 Å². The van der Waals surface area contributed by atoms with Gasteiger partial charge in [-0.15, -0.1) is 0 Å². The molecule has 1 aliphatic carbocycles. The SMILES string of the molecule is CC1(C)CCCCC1.O=Cc1ccc(O)cc1. The Labute approximate surface area is 104 Å². The van der Waals surface area contributed by atoms with Crippen molar-refractivity contribution in [1.29, 1.82) is 0 Å². The summed E-state index contributed by atoms with van der Waals surface area (Å²) in [4.78, 5) is 10.0. The Morgan fingerprint density at radius 1 is 1.06 bits per heavy atom. The van der Waals surface area contributed by atoms with Crippen LogP contribution in [0.15, 0.2) is 24.3 Å². The quantitative estimate of drug-likeness (QED) is 0.740. The zero-order valence-corrected chi connectivity index (χ0v) is 10.8. The van der Waals surface area contributed by atoms with Crippen LogP contribution in [0.1, 0.15) is 56.3 Å². The van der Waals surface area contributed by atoms with E-state index in [0.29, 0.717) is 11.0 Å². The number of hydrogen-bond acceptors (Lipinski definition) is 2. The predicted molar refractivity (Wildman–Crippen MR) is 70.4 cm³/mol. The first kappa shape index (κ1) is 13.8. The van der Waals surface area contributed by atoms with Gasteiger partial charge >= 0.3 is 0 Å². The van der Waals surface area contributed by atoms with Crippen LogP contribution in [0.2, 0.25) is 0 Å². The van der Waals surface area contributed by atoms with Crippen molar-refractivity contribution in [3.63, 3.8) is 0 Å². The van der Waals surface area contributed by atoms with Crippen LogP contribution in [0.4, 0.5) is 0 Å². The first-order valence-electron chi connectivity index (χ1n) is 6.28. The summed E-state index contributed by atoms with van der Waals surface area (Å²) in [5.41, 5.74) is 1.26. The van der Waals surface area contributed by atoms with Gasteiger partial charge in [0.25, 0.3) is 0 Å². The monoisotopic (exact) mass is 234 g/mol. The summed E-state index contributed by atoms with van der Waals surface area (Å²) in [7, 11) is 0. The van der Waals surface area contributed by atoms with Crippen LogP contribution in [0.25, 0.3) is 0 Å². The van der Waals surface area contributed by atoms with Crippen molar-refractivity contribution in [3.05, 3.63) is 29.8 Å². The second kappa shape index (κ2) is 6.43. The maximum Gasteiger partial charge on any atom is 0.150 e. The van der Waals surface area contributed by atoms with Crippen molar-refractivity contribution < 1.29 is 9.90 Å². The molecule has 0 radical (unpaired) electrons. The number of carbonyl (C=O) groups excluding carboxylic acids is 1. The van der Waals surface area contributed by atoms with Crippen molar-refractivity contribution >= 4 is 6.29 Å². The zero-order chi connectivity index (χ0) is 12.7. The van der Waals surface area contributed by atoms with Crippen molar-refractivity contribution in [1.82, 2.24) is 0 Å². The summed E-state index contributed by atoms with van der Waals surface area (Å²) in [5, 5.41) is 8.74. The maximum absolute atomic E-state index is 10.0. The van der Waals surface area contributed by atoms with Gasteiger partial charge in [-0.05, 0) is 42.5 Å². The summed E-state index contributed by atoms with van der Waals surface area (Å²) in [6.07, 6.45) is 8.04. The Kier molecular flexibility index (Phi) is 5.20. The van der Waals surface area contributed by atoms with Gasteiger partial charge in [-0.25, -0.2) is 0 Å². The van der Waals surface area contributed by atoms with Crippen LogP contribution in [-0.4, -0.2) is 11.4 Å². The molecule has 0 spiro atoms. The Hall–Kier alpha value is -1.31. The second-order valence-corrected chi connectivity index (χ2v) is 5.43. The number of rotatable bonds is 1. The van der Waals surface area contributed by atoms with Gasteiger partial charge < -0.3 is 5.11 Å². The van der Waals surface area contributed by atoms with Gasteiger partial charge in [0.05, 0.1) is 0 Å². The minimum absolute atomic E-state index is 0.181. The van der Waals surface area contributed by atoms with E-state index in [-0.39, 0.29) is 5.75 Å². The van der Waals surface area contributed by atoms with E-state index in [0.717, 1.165) is 6.29 Å². The van der Waals surface area contributed by atoms with E-state index in [2.05, 4.69) is 13.8 Å². The summed E-state index contributed by atoms with van der Waals surface area (Å²) in [6.45, 7) is 4.76. The van der Waals surface area contributed by atoms with E-state index < -0.39 is 0 Å². The van der Waals surface area contributed by atoms with Crippen molar-refractivity contribution in [2.75, 3.05) is 0 Å². The summed E-state index contributed by atoms with van der Waals surface area (Å²) in [5.74, 6) is 0.181. The van der Waals surface area contributed by atoms with Gasteiger partial charge in [0.1, 0.15) is 12.0 Å². The molecule has 0 amide bonds. The first-order valence-corrected chi connectivity index (χ1v) is 6.28. The lowest BCUT2D eigenvalue weighted by atomic mass is 9.78. The van der Waals surface area contributed by atoms with Crippen LogP contribution < -0.4 is 0 Å². The van der Waals surface area contributed by atoms with E-state index >= 15 is 0 Å². The second-order valence-electron chi connectivity index (χ2n) is 5.43. The highest BCUT2D eigenvalue weighted by Crippen LogP contribution is 2.34. The molecule has 0 atom stereocenters. The molecule has 1 aromatic rings. The highest BCUT2D eigenvalue weighted by Gasteiger charge is 2.19. The number of aromatic hydroxyl groups is 1. The van der Waals surface area contributed by atoms with Crippen molar-refractivity contribution in [3.8, 4) is 5.75 Å². The largest absolute Gasteiger partial charge is 0.508 e. The van der Waals surface area contributed by atoms with E-state index in [4.69, 9.17) is 5.11 Å². The molecule has 94 valence electrons. The lowest BCUT2D eigenvalue weighted by molar-refractivity contribution is 0.112. The predicted octanol–water partition coefficient (Wildman–Crippen LogP) is 4.18. The Morgan fingerprint density at radius 3 is 1.94 bits per heavy atom. The van der Waals surface area contributed by atoms with Crippen LogP contribution >= 0.6 is 0 Å². The average molecular weight is 234 g/mol. The van der Waals surface area contributed by atoms with Crippen molar-refractivity contribution in [2.45, 2.75) is 46.0 Å². The molecule has 1 aliphatic rings. The molecular formula is C15H22O2. The fraction of sp³-hybridized carbons (Fsp3) is 0.533. The Morgan fingerprint density at radius 2 is 1.59 bits per heavy atom. The van der Waals surface area contributed by atoms with Crippen molar-refractivity contribution in [2.24, 2.45) is 5.41 Å². The van der Waals surface area contributed by atoms with Gasteiger partial charge in [-0.2, -0.15) is 0 Å². The van der Waals surface area contributed by atoms with E-state index in [1.54, 1.807) is 12.1 Å². The number of phenolic OH excluding ortho intramolecular Hbond substituents is 1. The molecular weight excluding hydrogens is 212 g/mol. The molecule has 1 N–H and O–H groups in total. The van der Waals surface area contributed by atoms with E-state index in [1.807, 2.05) is 0 Å². The van der Waals surface area contributed by atoms with Crippen LogP contribution in [0.3, 0.4) is 0 Å². The standard InChI is InChI=1S/C8H16.C7H6O2/c1-8(2)6-4-3-5-7-8;8-5-6-1-3-7(9)4-2-6/h3-7H2,1-2H3;1-5,9H. The Bertz CT molecular complexity index is 330. The molecule has 2 rings (SSSR count). The van der Waals surface area contributed by atoms with E-state index in [1.165, 1.54) is 44.2 Å². The minimum atomic E-state index is 0.181. The molecule has 0 heterocycles. The number of hydrogen-bond donors (Lipinski definition) is 1. The van der Waals surface area contributed by atoms with E-state index in [9.17, 15) is 4.79 Å². The third-order valence-corrected chi connectivity index (χ3v) is 3.24. The molecule has 1 fully saturated rings. The van der Waals surface area contributed by atoms with Gasteiger partial charge in [-0.3, -0.25) is 4.79 Å². The van der Waals surface area contributed by atoms with Gasteiger partial charge in [-0.1, -0.05) is 33.1 Å². The molecule has 0 unspecified atom stereocenters. The fourth-order valence-corrected chi connectivity index (χ4v) is 2.06. The Balaban J connectivity index is 0.000000171. The third-order valence-electron chi connectivity index (χ3n) is 3.24. The van der Waals surface area contributed by atoms with Crippen LogP contribution in [-0.2, 0) is 0 Å². The molecule has 0 bridgehead atoms. The molecule has 1 saturated carbocycles. The lowest BCUT2D eigenvalue weighted by Gasteiger charge is -2.28. The highest BCUT2D eigenvalue weighted by molar-refractivity contribution is 5.74. The molecule has 17 heavy (non-hydrogen) atoms. The molecule has 2 heteroatoms. The molecule has 0 saturated heterocycles. The maximum atomic E-state index is 10.0. The number of aldehydes is 1.